The number of hydrogen-bond donors (Lipinski definition) is 1. The number of methoxy groups -OCH3 is 2. The zero-order chi connectivity index (χ0) is 21.9. The predicted molar refractivity (Wildman–Crippen MR) is 116 cm³/mol. The molecule has 2 unspecified atom stereocenters. The van der Waals surface area contributed by atoms with Gasteiger partial charge in [-0.05, 0) is 54.7 Å². The van der Waals surface area contributed by atoms with Crippen molar-refractivity contribution < 1.29 is 22.7 Å². The minimum Gasteiger partial charge on any atom is -0.493 e. The lowest BCUT2D eigenvalue weighted by Crippen LogP contribution is -2.42. The van der Waals surface area contributed by atoms with Crippen molar-refractivity contribution >= 4 is 21.6 Å². The Bertz CT molecular complexity index is 995. The Morgan fingerprint density at radius 2 is 1.57 bits per heavy atom. The van der Waals surface area contributed by atoms with E-state index in [9.17, 15) is 13.2 Å². The number of benzene rings is 2. The third-order valence-electron chi connectivity index (χ3n) is 5.23. The standard InChI is InChI=1S/C22H28N2O5S/c1-15-11-16(2)14-24(13-15)30(26,27)19-8-5-17(6-9-19)22(25)23-18-7-10-20(28-3)21(12-18)29-4/h5-10,12,15-16H,11,13-14H2,1-4H3,(H,23,25). The van der Waals surface area contributed by atoms with Gasteiger partial charge in [0.25, 0.3) is 5.91 Å². The van der Waals surface area contributed by atoms with E-state index < -0.39 is 10.0 Å². The van der Waals surface area contributed by atoms with E-state index in [0.29, 0.717) is 47.7 Å². The number of carbonyl (C=O) groups excluding carboxylic acids is 1. The number of ether oxygens (including phenoxy) is 2. The van der Waals surface area contributed by atoms with Crippen molar-refractivity contribution in [1.29, 1.82) is 0 Å². The number of amides is 1. The summed E-state index contributed by atoms with van der Waals surface area (Å²) in [6.45, 7) is 5.18. The molecular weight excluding hydrogens is 404 g/mol. The molecule has 30 heavy (non-hydrogen) atoms. The van der Waals surface area contributed by atoms with Crippen LogP contribution in [0.1, 0.15) is 30.6 Å². The molecule has 7 nitrogen and oxygen atoms in total. The first-order valence-corrected chi connectivity index (χ1v) is 11.3. The Kier molecular flexibility index (Phi) is 6.67. The van der Waals surface area contributed by atoms with Crippen LogP contribution in [0.15, 0.2) is 47.4 Å². The minimum absolute atomic E-state index is 0.200. The van der Waals surface area contributed by atoms with Crippen molar-refractivity contribution in [2.75, 3.05) is 32.6 Å². The van der Waals surface area contributed by atoms with E-state index in [1.54, 1.807) is 22.5 Å². The van der Waals surface area contributed by atoms with Crippen molar-refractivity contribution in [3.63, 3.8) is 0 Å². The lowest BCUT2D eigenvalue weighted by Gasteiger charge is -2.34. The van der Waals surface area contributed by atoms with Gasteiger partial charge in [-0.15, -0.1) is 0 Å². The molecule has 2 aromatic carbocycles. The van der Waals surface area contributed by atoms with Crippen LogP contribution in [0.2, 0.25) is 0 Å². The van der Waals surface area contributed by atoms with E-state index in [1.807, 2.05) is 0 Å². The van der Waals surface area contributed by atoms with Crippen LogP contribution >= 0.6 is 0 Å². The van der Waals surface area contributed by atoms with Crippen LogP contribution < -0.4 is 14.8 Å². The fourth-order valence-corrected chi connectivity index (χ4v) is 5.53. The molecule has 1 aliphatic heterocycles. The first-order valence-electron chi connectivity index (χ1n) is 9.88. The van der Waals surface area contributed by atoms with Crippen LogP contribution in [-0.2, 0) is 10.0 Å². The van der Waals surface area contributed by atoms with E-state index >= 15 is 0 Å². The first-order chi connectivity index (χ1) is 14.2. The van der Waals surface area contributed by atoms with Gasteiger partial charge in [0.1, 0.15) is 0 Å². The predicted octanol–water partition coefficient (Wildman–Crippen LogP) is 3.62. The van der Waals surface area contributed by atoms with Crippen molar-refractivity contribution in [2.24, 2.45) is 11.8 Å². The molecular formula is C22H28N2O5S. The second-order valence-corrected chi connectivity index (χ2v) is 9.75. The average Bonchev–Trinajstić information content (AvgIpc) is 2.73. The van der Waals surface area contributed by atoms with Gasteiger partial charge in [-0.1, -0.05) is 13.8 Å². The molecule has 1 saturated heterocycles. The number of hydrogen-bond acceptors (Lipinski definition) is 5. The number of sulfonamides is 1. The highest BCUT2D eigenvalue weighted by Gasteiger charge is 2.31. The molecule has 3 rings (SSSR count). The van der Waals surface area contributed by atoms with Gasteiger partial charge < -0.3 is 14.8 Å². The van der Waals surface area contributed by atoms with Crippen LogP contribution in [0.5, 0.6) is 11.5 Å². The van der Waals surface area contributed by atoms with Crippen molar-refractivity contribution in [1.82, 2.24) is 4.31 Å². The zero-order valence-corrected chi connectivity index (χ0v) is 18.5. The summed E-state index contributed by atoms with van der Waals surface area (Å²) in [4.78, 5) is 12.8. The summed E-state index contributed by atoms with van der Waals surface area (Å²) in [5.74, 6) is 1.38. The Morgan fingerprint density at radius 1 is 0.967 bits per heavy atom. The van der Waals surface area contributed by atoms with E-state index in [-0.39, 0.29) is 10.8 Å². The second kappa shape index (κ2) is 9.06. The topological polar surface area (TPSA) is 84.9 Å². The maximum atomic E-state index is 13.0. The van der Waals surface area contributed by atoms with E-state index in [2.05, 4.69) is 19.2 Å². The van der Waals surface area contributed by atoms with Gasteiger partial charge in [-0.25, -0.2) is 8.42 Å². The van der Waals surface area contributed by atoms with Gasteiger partial charge in [0.2, 0.25) is 10.0 Å². The summed E-state index contributed by atoms with van der Waals surface area (Å²) in [7, 11) is -0.516. The molecule has 0 spiro atoms. The smallest absolute Gasteiger partial charge is 0.255 e. The quantitative estimate of drug-likeness (QED) is 0.754. The maximum Gasteiger partial charge on any atom is 0.255 e. The highest BCUT2D eigenvalue weighted by atomic mass is 32.2. The Balaban J connectivity index is 1.74. The Hall–Kier alpha value is -2.58. The van der Waals surface area contributed by atoms with Gasteiger partial charge in [-0.2, -0.15) is 4.31 Å². The maximum absolute atomic E-state index is 13.0. The molecule has 1 N–H and O–H groups in total. The van der Waals surface area contributed by atoms with Crippen LogP contribution in [0.3, 0.4) is 0 Å². The van der Waals surface area contributed by atoms with Gasteiger partial charge in [0, 0.05) is 30.4 Å². The summed E-state index contributed by atoms with van der Waals surface area (Å²) in [6, 6.07) is 11.1. The fraction of sp³-hybridized carbons (Fsp3) is 0.409. The molecule has 0 bridgehead atoms. The van der Waals surface area contributed by atoms with E-state index in [0.717, 1.165) is 6.42 Å². The molecule has 2 aromatic rings. The monoisotopic (exact) mass is 432 g/mol. The van der Waals surface area contributed by atoms with Gasteiger partial charge in [-0.3, -0.25) is 4.79 Å². The Labute approximate surface area is 178 Å². The largest absolute Gasteiger partial charge is 0.493 e. The molecule has 1 heterocycles. The van der Waals surface area contributed by atoms with Gasteiger partial charge >= 0.3 is 0 Å². The molecule has 1 amide bonds. The highest BCUT2D eigenvalue weighted by molar-refractivity contribution is 7.89. The highest BCUT2D eigenvalue weighted by Crippen LogP contribution is 2.30. The average molecular weight is 433 g/mol. The number of rotatable bonds is 6. The molecule has 2 atom stereocenters. The molecule has 1 aliphatic rings. The summed E-state index contributed by atoms with van der Waals surface area (Å²) in [6.07, 6.45) is 1.03. The third kappa shape index (κ3) is 4.76. The number of carbonyl (C=O) groups is 1. The fourth-order valence-electron chi connectivity index (χ4n) is 3.85. The molecule has 0 radical (unpaired) electrons. The van der Waals surface area contributed by atoms with E-state index in [1.165, 1.54) is 38.5 Å². The number of nitrogens with one attached hydrogen (secondary N) is 1. The SMILES string of the molecule is COc1ccc(NC(=O)c2ccc(S(=O)(=O)N3CC(C)CC(C)C3)cc2)cc1OC. The number of nitrogens with zero attached hydrogens (tertiary/aromatic N) is 1. The molecule has 8 heteroatoms. The van der Waals surface area contributed by atoms with Crippen LogP contribution in [0.25, 0.3) is 0 Å². The zero-order valence-electron chi connectivity index (χ0n) is 17.7. The Morgan fingerprint density at radius 3 is 2.13 bits per heavy atom. The number of piperidine rings is 1. The van der Waals surface area contributed by atoms with Crippen LogP contribution in [-0.4, -0.2) is 45.9 Å². The van der Waals surface area contributed by atoms with Gasteiger partial charge in [0.15, 0.2) is 11.5 Å². The molecule has 0 saturated carbocycles. The van der Waals surface area contributed by atoms with Crippen LogP contribution in [0.4, 0.5) is 5.69 Å². The van der Waals surface area contributed by atoms with Crippen molar-refractivity contribution in [2.45, 2.75) is 25.2 Å². The van der Waals surface area contributed by atoms with Crippen LogP contribution in [0, 0.1) is 11.8 Å². The number of anilines is 1. The lowest BCUT2D eigenvalue weighted by atomic mass is 9.94. The lowest BCUT2D eigenvalue weighted by molar-refractivity contribution is 0.102. The van der Waals surface area contributed by atoms with Crippen molar-refractivity contribution in [3.05, 3.63) is 48.0 Å². The normalized spacial score (nSPS) is 19.9. The summed E-state index contributed by atoms with van der Waals surface area (Å²) >= 11 is 0. The molecule has 0 aromatic heterocycles. The molecule has 0 aliphatic carbocycles. The van der Waals surface area contributed by atoms with Crippen molar-refractivity contribution in [3.8, 4) is 11.5 Å². The first kappa shape index (κ1) is 22.1. The molecule has 1 fully saturated rings. The summed E-state index contributed by atoms with van der Waals surface area (Å²) in [5, 5.41) is 2.78. The summed E-state index contributed by atoms with van der Waals surface area (Å²) in [5.41, 5.74) is 0.912. The van der Waals surface area contributed by atoms with E-state index in [4.69, 9.17) is 9.47 Å². The third-order valence-corrected chi connectivity index (χ3v) is 7.08. The second-order valence-electron chi connectivity index (χ2n) is 7.82. The minimum atomic E-state index is -3.57. The van der Waals surface area contributed by atoms with Gasteiger partial charge in [0.05, 0.1) is 19.1 Å². The summed E-state index contributed by atoms with van der Waals surface area (Å²) < 4.78 is 37.9. The molecule has 162 valence electrons.